The number of alkyl halides is 6. The van der Waals surface area contributed by atoms with Gasteiger partial charge in [-0.15, -0.1) is 0 Å². The molecule has 0 aliphatic heterocycles. The van der Waals surface area contributed by atoms with Gasteiger partial charge < -0.3 is 15.4 Å². The average Bonchev–Trinajstić information content (AvgIpc) is 2.87. The van der Waals surface area contributed by atoms with Crippen molar-refractivity contribution < 1.29 is 44.7 Å². The predicted octanol–water partition coefficient (Wildman–Crippen LogP) is 6.77. The van der Waals surface area contributed by atoms with E-state index >= 15 is 0 Å². The van der Waals surface area contributed by atoms with Gasteiger partial charge in [0.25, 0.3) is 5.91 Å². The number of hydrogen-bond donors (Lipinski definition) is 2. The van der Waals surface area contributed by atoms with Gasteiger partial charge in [-0.25, -0.2) is 8.78 Å². The molecule has 0 fully saturated rings. The molecule has 40 heavy (non-hydrogen) atoms. The second-order valence-corrected chi connectivity index (χ2v) is 8.03. The van der Waals surface area contributed by atoms with Crippen LogP contribution in [0.1, 0.15) is 15.9 Å². The fraction of sp³-hybridized carbons (Fsp3) is 0.120. The largest absolute Gasteiger partial charge is 0.454 e. The van der Waals surface area contributed by atoms with Crippen LogP contribution >= 0.6 is 0 Å². The van der Waals surface area contributed by atoms with Crippen LogP contribution in [0.25, 0.3) is 11.4 Å². The molecule has 1 aromatic heterocycles. The molecule has 7 nitrogen and oxygen atoms in total. The van der Waals surface area contributed by atoms with E-state index in [0.717, 1.165) is 30.3 Å². The number of ether oxygens (including phenoxy) is 1. The fourth-order valence-electron chi connectivity index (χ4n) is 3.26. The van der Waals surface area contributed by atoms with Crippen LogP contribution in [0.15, 0.2) is 66.7 Å². The Labute approximate surface area is 219 Å². The van der Waals surface area contributed by atoms with Gasteiger partial charge in [0.15, 0.2) is 12.4 Å². The van der Waals surface area contributed by atoms with E-state index in [9.17, 15) is 39.9 Å². The van der Waals surface area contributed by atoms with Crippen molar-refractivity contribution in [2.75, 3.05) is 17.2 Å². The van der Waals surface area contributed by atoms with Crippen molar-refractivity contribution in [2.45, 2.75) is 12.4 Å². The van der Waals surface area contributed by atoms with Crippen LogP contribution in [0.4, 0.5) is 52.4 Å². The van der Waals surface area contributed by atoms with Gasteiger partial charge in [-0.2, -0.15) is 41.3 Å². The van der Waals surface area contributed by atoms with Crippen LogP contribution in [0.3, 0.4) is 0 Å². The molecule has 0 aliphatic carbocycles. The Kier molecular flexibility index (Phi) is 7.84. The summed E-state index contributed by atoms with van der Waals surface area (Å²) >= 11 is 0. The number of anilines is 3. The van der Waals surface area contributed by atoms with E-state index in [-0.39, 0.29) is 22.8 Å². The number of carbonyl (C=O) groups excluding carboxylic acids is 1. The lowest BCUT2D eigenvalue weighted by Gasteiger charge is -2.13. The summed E-state index contributed by atoms with van der Waals surface area (Å²) in [5.74, 6) is -3.63. The third-order valence-electron chi connectivity index (χ3n) is 4.98. The van der Waals surface area contributed by atoms with E-state index in [1.54, 1.807) is 0 Å². The Balaban J connectivity index is 1.66. The fourth-order valence-corrected chi connectivity index (χ4v) is 3.26. The number of aromatic nitrogens is 3. The summed E-state index contributed by atoms with van der Waals surface area (Å²) in [5.41, 5.74) is -1.39. The standard InChI is InChI=1S/C25H15F8N5O2/c26-15-7-8-18(19(27)11-15)21(39)34-16-5-1-3-13(9-16)20-36-22(38-23(37-20)40-12-24(28,29)30)35-17-6-2-4-14(10-17)25(31,32)33/h1-11H,12H2,(H,34,39)(H,35,36,37,38). The summed E-state index contributed by atoms with van der Waals surface area (Å²) < 4.78 is 109. The Bertz CT molecular complexity index is 1540. The Morgan fingerprint density at radius 2 is 1.55 bits per heavy atom. The van der Waals surface area contributed by atoms with Crippen LogP contribution in [0.5, 0.6) is 6.01 Å². The summed E-state index contributed by atoms with van der Waals surface area (Å²) in [6.07, 6.45) is -9.41. The first-order chi connectivity index (χ1) is 18.8. The number of carbonyl (C=O) groups is 1. The third-order valence-corrected chi connectivity index (χ3v) is 4.98. The minimum Gasteiger partial charge on any atom is -0.454 e. The van der Waals surface area contributed by atoms with Gasteiger partial charge in [0.05, 0.1) is 11.1 Å². The van der Waals surface area contributed by atoms with Crippen LogP contribution < -0.4 is 15.4 Å². The molecule has 0 spiro atoms. The number of halogens is 8. The molecule has 0 aliphatic rings. The predicted molar refractivity (Wildman–Crippen MR) is 126 cm³/mol. The number of nitrogens with zero attached hydrogens (tertiary/aromatic N) is 3. The molecular formula is C25H15F8N5O2. The van der Waals surface area contributed by atoms with Crippen molar-refractivity contribution in [1.82, 2.24) is 15.0 Å². The van der Waals surface area contributed by atoms with Gasteiger partial charge in [-0.1, -0.05) is 18.2 Å². The maximum Gasteiger partial charge on any atom is 0.422 e. The maximum absolute atomic E-state index is 14.0. The van der Waals surface area contributed by atoms with Gasteiger partial charge in [0.2, 0.25) is 5.95 Å². The summed E-state index contributed by atoms with van der Waals surface area (Å²) in [6.45, 7) is -1.77. The summed E-state index contributed by atoms with van der Waals surface area (Å²) in [4.78, 5) is 24.0. The molecule has 15 heteroatoms. The van der Waals surface area contributed by atoms with Gasteiger partial charge in [0, 0.05) is 23.0 Å². The van der Waals surface area contributed by atoms with Crippen LogP contribution in [0, 0.1) is 11.6 Å². The van der Waals surface area contributed by atoms with Crippen molar-refractivity contribution in [1.29, 1.82) is 0 Å². The second kappa shape index (κ2) is 11.1. The molecule has 208 valence electrons. The summed E-state index contributed by atoms with van der Waals surface area (Å²) in [5, 5.41) is 4.87. The van der Waals surface area contributed by atoms with E-state index in [2.05, 4.69) is 30.3 Å². The lowest BCUT2D eigenvalue weighted by Crippen LogP contribution is -2.20. The molecule has 0 unspecified atom stereocenters. The van der Waals surface area contributed by atoms with Crippen molar-refractivity contribution in [3.63, 3.8) is 0 Å². The molecule has 2 N–H and O–H groups in total. The normalized spacial score (nSPS) is 11.7. The number of nitrogens with one attached hydrogen (secondary N) is 2. The number of benzene rings is 3. The highest BCUT2D eigenvalue weighted by Crippen LogP contribution is 2.32. The minimum atomic E-state index is -4.75. The Morgan fingerprint density at radius 3 is 2.25 bits per heavy atom. The zero-order valence-electron chi connectivity index (χ0n) is 19.7. The van der Waals surface area contributed by atoms with E-state index in [1.807, 2.05) is 0 Å². The lowest BCUT2D eigenvalue weighted by molar-refractivity contribution is -0.154. The summed E-state index contributed by atoms with van der Waals surface area (Å²) in [7, 11) is 0. The molecule has 0 saturated carbocycles. The molecule has 1 amide bonds. The summed E-state index contributed by atoms with van der Waals surface area (Å²) in [6, 6.07) is 11.0. The smallest absolute Gasteiger partial charge is 0.422 e. The van der Waals surface area contributed by atoms with Gasteiger partial charge in [-0.05, 0) is 42.5 Å². The molecule has 0 radical (unpaired) electrons. The van der Waals surface area contributed by atoms with Crippen molar-refractivity contribution in [3.05, 3.63) is 89.5 Å². The molecular weight excluding hydrogens is 554 g/mol. The second-order valence-electron chi connectivity index (χ2n) is 8.03. The van der Waals surface area contributed by atoms with E-state index in [4.69, 9.17) is 0 Å². The number of rotatable bonds is 7. The maximum atomic E-state index is 14.0. The average molecular weight is 569 g/mol. The lowest BCUT2D eigenvalue weighted by atomic mass is 10.1. The molecule has 1 heterocycles. The first-order valence-electron chi connectivity index (χ1n) is 11.0. The van der Waals surface area contributed by atoms with E-state index < -0.39 is 59.6 Å². The van der Waals surface area contributed by atoms with Crippen LogP contribution in [-0.2, 0) is 6.18 Å². The molecule has 0 saturated heterocycles. The third kappa shape index (κ3) is 7.39. The zero-order valence-corrected chi connectivity index (χ0v) is 19.7. The van der Waals surface area contributed by atoms with Gasteiger partial charge in [-0.3, -0.25) is 4.79 Å². The Hall–Kier alpha value is -4.82. The van der Waals surface area contributed by atoms with Crippen molar-refractivity contribution >= 4 is 23.2 Å². The van der Waals surface area contributed by atoms with Crippen molar-refractivity contribution in [2.24, 2.45) is 0 Å². The minimum absolute atomic E-state index is 0.0804. The van der Waals surface area contributed by atoms with Gasteiger partial charge in [0.1, 0.15) is 11.6 Å². The number of amides is 1. The Morgan fingerprint density at radius 1 is 0.825 bits per heavy atom. The molecule has 3 aromatic carbocycles. The van der Waals surface area contributed by atoms with Crippen molar-refractivity contribution in [3.8, 4) is 17.4 Å². The topological polar surface area (TPSA) is 89.0 Å². The first-order valence-corrected chi connectivity index (χ1v) is 11.0. The molecule has 4 aromatic rings. The first kappa shape index (κ1) is 28.2. The number of hydrogen-bond acceptors (Lipinski definition) is 6. The van der Waals surface area contributed by atoms with Crippen LogP contribution in [-0.4, -0.2) is 33.6 Å². The highest BCUT2D eigenvalue weighted by atomic mass is 19.4. The SMILES string of the molecule is O=C(Nc1cccc(-c2nc(Nc3cccc(C(F)(F)F)c3)nc(OCC(F)(F)F)n2)c1)c1ccc(F)cc1F. The van der Waals surface area contributed by atoms with E-state index in [0.29, 0.717) is 6.07 Å². The zero-order chi connectivity index (χ0) is 29.1. The quantitative estimate of drug-likeness (QED) is 0.239. The van der Waals surface area contributed by atoms with Gasteiger partial charge >= 0.3 is 18.4 Å². The highest BCUT2D eigenvalue weighted by Gasteiger charge is 2.31. The van der Waals surface area contributed by atoms with E-state index in [1.165, 1.54) is 30.3 Å². The highest BCUT2D eigenvalue weighted by molar-refractivity contribution is 6.04. The molecule has 4 rings (SSSR count). The van der Waals surface area contributed by atoms with Crippen LogP contribution in [0.2, 0.25) is 0 Å². The molecule has 0 atom stereocenters. The monoisotopic (exact) mass is 569 g/mol. The molecule has 0 bridgehead atoms.